The fourth-order valence-electron chi connectivity index (χ4n) is 2.18. The van der Waals surface area contributed by atoms with Gasteiger partial charge in [0.15, 0.2) is 0 Å². The van der Waals surface area contributed by atoms with Crippen LogP contribution in [0.3, 0.4) is 0 Å². The van der Waals surface area contributed by atoms with E-state index in [1.165, 1.54) is 7.11 Å². The van der Waals surface area contributed by atoms with Crippen LogP contribution in [0, 0.1) is 0 Å². The predicted molar refractivity (Wildman–Crippen MR) is 80.6 cm³/mol. The van der Waals surface area contributed by atoms with E-state index in [1.54, 1.807) is 0 Å². The molecule has 0 aliphatic carbocycles. The Hall–Kier alpha value is -1.30. The maximum Gasteiger partial charge on any atom is 0.243 e. The van der Waals surface area contributed by atoms with Crippen LogP contribution in [-0.4, -0.2) is 31.3 Å². The van der Waals surface area contributed by atoms with Gasteiger partial charge in [0.1, 0.15) is 17.4 Å². The largest absolute Gasteiger partial charge is 0.487 e. The SMILES string of the molecule is COCC(N)C(=O)Nc1ccc2c(c1)CC(C)(C)O2.Cl. The number of benzene rings is 1. The number of nitrogens with one attached hydrogen (secondary N) is 1. The zero-order valence-corrected chi connectivity index (χ0v) is 12.8. The number of hydrogen-bond acceptors (Lipinski definition) is 4. The van der Waals surface area contributed by atoms with Gasteiger partial charge in [-0.3, -0.25) is 4.79 Å². The molecule has 0 aromatic heterocycles. The van der Waals surface area contributed by atoms with E-state index in [0.29, 0.717) is 0 Å². The number of carbonyl (C=O) groups is 1. The van der Waals surface area contributed by atoms with Crippen molar-refractivity contribution < 1.29 is 14.3 Å². The summed E-state index contributed by atoms with van der Waals surface area (Å²) in [6, 6.07) is 4.96. The van der Waals surface area contributed by atoms with E-state index < -0.39 is 6.04 Å². The van der Waals surface area contributed by atoms with Crippen molar-refractivity contribution >= 4 is 24.0 Å². The topological polar surface area (TPSA) is 73.6 Å². The Kier molecular flexibility index (Phi) is 5.39. The Morgan fingerprint density at radius 1 is 1.55 bits per heavy atom. The summed E-state index contributed by atoms with van der Waals surface area (Å²) in [5.41, 5.74) is 7.32. The normalized spacial score (nSPS) is 16.6. The van der Waals surface area contributed by atoms with E-state index in [-0.39, 0.29) is 30.5 Å². The highest BCUT2D eigenvalue weighted by Crippen LogP contribution is 2.36. The molecule has 5 nitrogen and oxygen atoms in total. The Balaban J connectivity index is 0.00000200. The number of hydrogen-bond donors (Lipinski definition) is 2. The standard InChI is InChI=1S/C14H20N2O3.ClH/c1-14(2)7-9-6-10(4-5-12(9)19-14)16-13(17)11(15)8-18-3;/h4-6,11H,7-8,15H2,1-3H3,(H,16,17);1H. The van der Waals surface area contributed by atoms with Crippen molar-refractivity contribution in [3.05, 3.63) is 23.8 Å². The summed E-state index contributed by atoms with van der Waals surface area (Å²) in [5.74, 6) is 0.629. The first-order valence-electron chi connectivity index (χ1n) is 6.28. The van der Waals surface area contributed by atoms with Crippen molar-refractivity contribution in [2.45, 2.75) is 31.9 Å². The van der Waals surface area contributed by atoms with Gasteiger partial charge in [0, 0.05) is 24.8 Å². The van der Waals surface area contributed by atoms with Crippen LogP contribution >= 0.6 is 12.4 Å². The van der Waals surface area contributed by atoms with Gasteiger partial charge in [-0.05, 0) is 32.0 Å². The Bertz CT molecular complexity index is 491. The molecule has 1 aliphatic heterocycles. The number of rotatable bonds is 4. The molecule has 0 bridgehead atoms. The zero-order valence-electron chi connectivity index (χ0n) is 11.9. The quantitative estimate of drug-likeness (QED) is 0.888. The van der Waals surface area contributed by atoms with Gasteiger partial charge in [0.25, 0.3) is 0 Å². The van der Waals surface area contributed by atoms with Crippen LogP contribution < -0.4 is 15.8 Å². The van der Waals surface area contributed by atoms with Crippen LogP contribution in [-0.2, 0) is 16.0 Å². The van der Waals surface area contributed by atoms with E-state index in [0.717, 1.165) is 23.4 Å². The molecule has 0 saturated heterocycles. The van der Waals surface area contributed by atoms with Crippen molar-refractivity contribution in [2.24, 2.45) is 5.73 Å². The number of amides is 1. The lowest BCUT2D eigenvalue weighted by atomic mass is 10.0. The molecule has 1 heterocycles. The van der Waals surface area contributed by atoms with Crippen molar-refractivity contribution in [3.8, 4) is 5.75 Å². The van der Waals surface area contributed by atoms with Gasteiger partial charge < -0.3 is 20.5 Å². The molecule has 6 heteroatoms. The predicted octanol–water partition coefficient (Wildman–Crippen LogP) is 1.73. The fraction of sp³-hybridized carbons (Fsp3) is 0.500. The average Bonchev–Trinajstić information content (AvgIpc) is 2.62. The molecule has 1 aromatic rings. The smallest absolute Gasteiger partial charge is 0.243 e. The van der Waals surface area contributed by atoms with E-state index in [1.807, 2.05) is 32.0 Å². The molecule has 1 atom stereocenters. The third kappa shape index (κ3) is 3.85. The van der Waals surface area contributed by atoms with Gasteiger partial charge in [-0.2, -0.15) is 0 Å². The van der Waals surface area contributed by atoms with Gasteiger partial charge in [0.05, 0.1) is 6.61 Å². The highest BCUT2D eigenvalue weighted by molar-refractivity contribution is 5.95. The molecule has 1 aliphatic rings. The molecular formula is C14H21ClN2O3. The summed E-state index contributed by atoms with van der Waals surface area (Å²) >= 11 is 0. The number of carbonyl (C=O) groups excluding carboxylic acids is 1. The second kappa shape index (κ2) is 6.43. The van der Waals surface area contributed by atoms with Crippen LogP contribution in [0.2, 0.25) is 0 Å². The molecule has 0 saturated carbocycles. The Labute approximate surface area is 125 Å². The number of nitrogens with two attached hydrogens (primary N) is 1. The van der Waals surface area contributed by atoms with E-state index in [4.69, 9.17) is 15.2 Å². The molecule has 0 fully saturated rings. The maximum atomic E-state index is 11.8. The summed E-state index contributed by atoms with van der Waals surface area (Å²) < 4.78 is 10.6. The minimum absolute atomic E-state index is 0. The maximum absolute atomic E-state index is 11.8. The number of fused-ring (bicyclic) bond motifs is 1. The zero-order chi connectivity index (χ0) is 14.0. The lowest BCUT2D eigenvalue weighted by molar-refractivity contribution is -0.118. The summed E-state index contributed by atoms with van der Waals surface area (Å²) in [6.45, 7) is 4.28. The second-order valence-electron chi connectivity index (χ2n) is 5.41. The Morgan fingerprint density at radius 3 is 2.90 bits per heavy atom. The lowest BCUT2D eigenvalue weighted by Gasteiger charge is -2.16. The first-order valence-corrected chi connectivity index (χ1v) is 6.28. The molecule has 2 rings (SSSR count). The van der Waals surface area contributed by atoms with Gasteiger partial charge in [-0.1, -0.05) is 0 Å². The molecule has 20 heavy (non-hydrogen) atoms. The van der Waals surface area contributed by atoms with E-state index in [2.05, 4.69) is 5.32 Å². The Morgan fingerprint density at radius 2 is 2.25 bits per heavy atom. The molecule has 1 amide bonds. The van der Waals surface area contributed by atoms with Crippen molar-refractivity contribution in [2.75, 3.05) is 19.0 Å². The van der Waals surface area contributed by atoms with Crippen LogP contribution in [0.15, 0.2) is 18.2 Å². The first-order chi connectivity index (χ1) is 8.91. The van der Waals surface area contributed by atoms with Gasteiger partial charge in [-0.25, -0.2) is 0 Å². The summed E-state index contributed by atoms with van der Waals surface area (Å²) in [7, 11) is 1.52. The van der Waals surface area contributed by atoms with Crippen molar-refractivity contribution in [3.63, 3.8) is 0 Å². The molecule has 1 aromatic carbocycles. The molecule has 0 spiro atoms. The molecule has 3 N–H and O–H groups in total. The molecule has 0 radical (unpaired) electrons. The van der Waals surface area contributed by atoms with Crippen LogP contribution in [0.1, 0.15) is 19.4 Å². The van der Waals surface area contributed by atoms with Gasteiger partial charge >= 0.3 is 0 Å². The third-order valence-electron chi connectivity index (χ3n) is 3.01. The molecular weight excluding hydrogens is 280 g/mol. The first kappa shape index (κ1) is 16.8. The van der Waals surface area contributed by atoms with Crippen LogP contribution in [0.5, 0.6) is 5.75 Å². The lowest BCUT2D eigenvalue weighted by Crippen LogP contribution is -2.39. The highest BCUT2D eigenvalue weighted by Gasteiger charge is 2.30. The number of halogens is 1. The van der Waals surface area contributed by atoms with E-state index in [9.17, 15) is 4.79 Å². The minimum Gasteiger partial charge on any atom is -0.487 e. The summed E-state index contributed by atoms with van der Waals surface area (Å²) in [6.07, 6.45) is 0.830. The number of methoxy groups -OCH3 is 1. The average molecular weight is 301 g/mol. The van der Waals surface area contributed by atoms with Gasteiger partial charge in [-0.15, -0.1) is 12.4 Å². The second-order valence-corrected chi connectivity index (χ2v) is 5.41. The summed E-state index contributed by atoms with van der Waals surface area (Å²) in [5, 5.41) is 2.78. The highest BCUT2D eigenvalue weighted by atomic mass is 35.5. The molecule has 1 unspecified atom stereocenters. The van der Waals surface area contributed by atoms with Crippen LogP contribution in [0.25, 0.3) is 0 Å². The van der Waals surface area contributed by atoms with Crippen molar-refractivity contribution in [1.82, 2.24) is 0 Å². The monoisotopic (exact) mass is 300 g/mol. The van der Waals surface area contributed by atoms with E-state index >= 15 is 0 Å². The number of ether oxygens (including phenoxy) is 2. The van der Waals surface area contributed by atoms with Gasteiger partial charge in [0.2, 0.25) is 5.91 Å². The minimum atomic E-state index is -0.661. The van der Waals surface area contributed by atoms with Crippen LogP contribution in [0.4, 0.5) is 5.69 Å². The number of anilines is 1. The fourth-order valence-corrected chi connectivity index (χ4v) is 2.18. The summed E-state index contributed by atoms with van der Waals surface area (Å²) in [4.78, 5) is 11.8. The van der Waals surface area contributed by atoms with Crippen molar-refractivity contribution in [1.29, 1.82) is 0 Å². The molecule has 112 valence electrons. The third-order valence-corrected chi connectivity index (χ3v) is 3.01.